The van der Waals surface area contributed by atoms with E-state index >= 15 is 0 Å². The summed E-state index contributed by atoms with van der Waals surface area (Å²) in [6.07, 6.45) is 4.76. The zero-order valence-corrected chi connectivity index (χ0v) is 39.3. The van der Waals surface area contributed by atoms with Gasteiger partial charge in [0, 0.05) is 72.0 Å². The van der Waals surface area contributed by atoms with Crippen LogP contribution >= 0.6 is 0 Å². The van der Waals surface area contributed by atoms with Crippen molar-refractivity contribution in [1.82, 2.24) is 40.4 Å². The van der Waals surface area contributed by atoms with Gasteiger partial charge >= 0.3 is 6.03 Å². The molecule has 29 heteroatoms. The first-order valence-corrected chi connectivity index (χ1v) is 22.7. The summed E-state index contributed by atoms with van der Waals surface area (Å²) in [6, 6.07) is -1.49. The SMILES string of the molecule is NCCCCCCNCC(=O)N(CCCN=C(N)N)CC(=O)N(CCCN=C(N)N)CC(=O)N(CCN1CCNC1=O)CC(=O)N(CCCN=C(N)N)CC(=O)N[C@H](CCCN=C(N)N)C(N)=O. The average Bonchev–Trinajstić information content (AvgIpc) is 3.69. The van der Waals surface area contributed by atoms with Crippen LogP contribution < -0.4 is 73.3 Å². The number of rotatable bonds is 37. The molecular weight excluding hydrogens is 889 g/mol. The Morgan fingerprint density at radius 1 is 0.574 bits per heavy atom. The van der Waals surface area contributed by atoms with Crippen LogP contribution in [0.25, 0.3) is 0 Å². The fourth-order valence-corrected chi connectivity index (χ4v) is 6.59. The largest absolute Gasteiger partial charge is 0.370 e. The molecule has 0 aromatic carbocycles. The van der Waals surface area contributed by atoms with Crippen LogP contribution in [0.2, 0.25) is 0 Å². The van der Waals surface area contributed by atoms with Crippen molar-refractivity contribution in [1.29, 1.82) is 0 Å². The van der Waals surface area contributed by atoms with E-state index in [4.69, 9.17) is 57.3 Å². The molecular formula is C39H78N22O7. The third-order valence-electron chi connectivity index (χ3n) is 10.2. The van der Waals surface area contributed by atoms with Crippen LogP contribution in [0.4, 0.5) is 4.79 Å². The number of urea groups is 1. The summed E-state index contributed by atoms with van der Waals surface area (Å²) in [7, 11) is 0. The van der Waals surface area contributed by atoms with Crippen LogP contribution in [0, 0.1) is 0 Å². The Morgan fingerprint density at radius 2 is 1.01 bits per heavy atom. The van der Waals surface area contributed by atoms with Gasteiger partial charge in [-0.15, -0.1) is 0 Å². The van der Waals surface area contributed by atoms with Crippen LogP contribution in [-0.4, -0.2) is 214 Å². The normalized spacial score (nSPS) is 12.2. The molecule has 0 bridgehead atoms. The van der Waals surface area contributed by atoms with Crippen molar-refractivity contribution in [3.05, 3.63) is 0 Å². The van der Waals surface area contributed by atoms with Crippen LogP contribution in [0.15, 0.2) is 20.0 Å². The summed E-state index contributed by atoms with van der Waals surface area (Å²) in [5, 5.41) is 8.35. The third-order valence-corrected chi connectivity index (χ3v) is 10.2. The minimum atomic E-state index is -1.12. The smallest absolute Gasteiger partial charge is 0.317 e. The number of unbranched alkanes of at least 4 members (excludes halogenated alkanes) is 3. The van der Waals surface area contributed by atoms with E-state index in [0.29, 0.717) is 39.0 Å². The van der Waals surface area contributed by atoms with Gasteiger partial charge in [0.15, 0.2) is 23.8 Å². The average molecular weight is 967 g/mol. The van der Waals surface area contributed by atoms with Gasteiger partial charge < -0.3 is 97.8 Å². The monoisotopic (exact) mass is 967 g/mol. The highest BCUT2D eigenvalue weighted by atomic mass is 16.2. The van der Waals surface area contributed by atoms with Crippen molar-refractivity contribution in [3.63, 3.8) is 0 Å². The Kier molecular flexibility index (Phi) is 29.9. The molecule has 386 valence electrons. The second-order valence-electron chi connectivity index (χ2n) is 15.8. The number of aliphatic imine (C=N–C) groups is 4. The maximum absolute atomic E-state index is 14.4. The lowest BCUT2D eigenvalue weighted by Gasteiger charge is -2.32. The molecule has 8 amide bonds. The van der Waals surface area contributed by atoms with Crippen molar-refractivity contribution < 1.29 is 33.6 Å². The van der Waals surface area contributed by atoms with Gasteiger partial charge in [-0.05, 0) is 58.0 Å². The minimum Gasteiger partial charge on any atom is -0.370 e. The maximum atomic E-state index is 14.4. The Morgan fingerprint density at radius 3 is 1.46 bits per heavy atom. The summed E-state index contributed by atoms with van der Waals surface area (Å²) < 4.78 is 0. The number of carbonyl (C=O) groups is 7. The number of primary amides is 1. The third kappa shape index (κ3) is 27.5. The van der Waals surface area contributed by atoms with Gasteiger partial charge in [-0.3, -0.25) is 48.7 Å². The molecule has 0 aliphatic carbocycles. The van der Waals surface area contributed by atoms with Crippen molar-refractivity contribution >= 4 is 65.3 Å². The second-order valence-corrected chi connectivity index (χ2v) is 15.8. The molecule has 0 spiro atoms. The van der Waals surface area contributed by atoms with Gasteiger partial charge in [0.2, 0.25) is 35.4 Å². The molecule has 0 saturated carbocycles. The molecule has 1 aliphatic rings. The van der Waals surface area contributed by atoms with Crippen LogP contribution in [0.1, 0.15) is 57.8 Å². The van der Waals surface area contributed by atoms with Crippen LogP contribution in [0.5, 0.6) is 0 Å². The zero-order chi connectivity index (χ0) is 50.9. The molecule has 1 saturated heterocycles. The number of nitrogens with zero attached hydrogens (tertiary/aromatic N) is 9. The first-order chi connectivity index (χ1) is 32.3. The Hall–Kier alpha value is -6.91. The summed E-state index contributed by atoms with van der Waals surface area (Å²) in [4.78, 5) is 117. The van der Waals surface area contributed by atoms with Gasteiger partial charge in [0.05, 0.1) is 32.7 Å². The molecule has 1 fully saturated rings. The Labute approximate surface area is 397 Å². The van der Waals surface area contributed by atoms with E-state index in [0.717, 1.165) is 30.6 Å². The lowest BCUT2D eigenvalue weighted by molar-refractivity contribution is -0.146. The lowest BCUT2D eigenvalue weighted by atomic mass is 10.1. The maximum Gasteiger partial charge on any atom is 0.317 e. The molecule has 0 radical (unpaired) electrons. The van der Waals surface area contributed by atoms with Crippen molar-refractivity contribution in [2.75, 3.05) is 118 Å². The molecule has 1 heterocycles. The molecule has 1 atom stereocenters. The lowest BCUT2D eigenvalue weighted by Crippen LogP contribution is -2.53. The quantitative estimate of drug-likeness (QED) is 0.0156. The number of carbonyl (C=O) groups excluding carboxylic acids is 7. The van der Waals surface area contributed by atoms with Crippen LogP contribution in [0.3, 0.4) is 0 Å². The predicted octanol–water partition coefficient (Wildman–Crippen LogP) is -7.55. The van der Waals surface area contributed by atoms with E-state index in [1.54, 1.807) is 0 Å². The molecule has 0 unspecified atom stereocenters. The Balaban J connectivity index is 3.47. The fraction of sp³-hybridized carbons (Fsp3) is 0.718. The number of guanidine groups is 4. The molecule has 1 rings (SSSR count). The van der Waals surface area contributed by atoms with E-state index < -0.39 is 61.8 Å². The van der Waals surface area contributed by atoms with Gasteiger partial charge in [-0.1, -0.05) is 12.8 Å². The van der Waals surface area contributed by atoms with Gasteiger partial charge in [0.1, 0.15) is 6.04 Å². The molecule has 0 aromatic heterocycles. The number of nitrogens with two attached hydrogens (primary N) is 10. The molecule has 68 heavy (non-hydrogen) atoms. The highest BCUT2D eigenvalue weighted by Gasteiger charge is 2.29. The molecule has 23 N–H and O–H groups in total. The number of hydrogen-bond acceptors (Lipinski definition) is 13. The summed E-state index contributed by atoms with van der Waals surface area (Å²) in [6.45, 7) is 0.157. The summed E-state index contributed by atoms with van der Waals surface area (Å²) in [5.74, 6) is -4.54. The molecule has 0 aromatic rings. The highest BCUT2D eigenvalue weighted by molar-refractivity contribution is 5.93. The highest BCUT2D eigenvalue weighted by Crippen LogP contribution is 2.07. The number of amides is 8. The Bertz CT molecular complexity index is 1710. The predicted molar refractivity (Wildman–Crippen MR) is 259 cm³/mol. The number of nitrogens with one attached hydrogen (secondary N) is 3. The van der Waals surface area contributed by atoms with Crippen molar-refractivity contribution in [2.45, 2.75) is 63.8 Å². The van der Waals surface area contributed by atoms with Crippen molar-refractivity contribution in [3.8, 4) is 0 Å². The van der Waals surface area contributed by atoms with Gasteiger partial charge in [-0.25, -0.2) is 4.79 Å². The van der Waals surface area contributed by atoms with E-state index in [-0.39, 0.29) is 120 Å². The summed E-state index contributed by atoms with van der Waals surface area (Å²) in [5.41, 5.74) is 54.9. The van der Waals surface area contributed by atoms with E-state index in [1.807, 2.05) is 0 Å². The first kappa shape index (κ1) is 59.1. The summed E-state index contributed by atoms with van der Waals surface area (Å²) >= 11 is 0. The zero-order valence-electron chi connectivity index (χ0n) is 39.3. The fourth-order valence-electron chi connectivity index (χ4n) is 6.59. The van der Waals surface area contributed by atoms with Crippen LogP contribution in [-0.2, 0) is 28.8 Å². The molecule has 29 nitrogen and oxygen atoms in total. The molecule has 1 aliphatic heterocycles. The van der Waals surface area contributed by atoms with Gasteiger partial charge in [-0.2, -0.15) is 0 Å². The van der Waals surface area contributed by atoms with E-state index in [2.05, 4.69) is 35.9 Å². The first-order valence-electron chi connectivity index (χ1n) is 22.7. The van der Waals surface area contributed by atoms with E-state index in [1.165, 1.54) is 19.6 Å². The topological polar surface area (TPSA) is 481 Å². The number of hydrogen-bond donors (Lipinski definition) is 13. The minimum absolute atomic E-state index is 0.0203. The van der Waals surface area contributed by atoms with Gasteiger partial charge in [0.25, 0.3) is 0 Å². The van der Waals surface area contributed by atoms with E-state index in [9.17, 15) is 33.6 Å². The standard InChI is InChI=1S/C39H78N22O7/c40-10-3-1-2-4-11-50-23-30(63)59(18-7-14-53-37(46)47)25-32(65)60(19-8-15-54-38(48)49)26-33(66)61(22-21-57-20-16-55-39(57)68)27-31(64)58(17-6-13-52-36(44)45)24-29(62)56-28(34(41)67)9-5-12-51-35(42)43/h28,50H,1-27,40H2,(H2,41,67)(H,55,68)(H,56,62)(H4,42,43,51)(H4,44,45,52)(H4,46,47,53)(H4,48,49,54)/t28-/m1/s1. The van der Waals surface area contributed by atoms with Crippen molar-refractivity contribution in [2.24, 2.45) is 77.3 Å². The second kappa shape index (κ2) is 34.4.